The molecule has 93 valence electrons. The summed E-state index contributed by atoms with van der Waals surface area (Å²) in [6.45, 7) is 0. The number of hydrogen-bond acceptors (Lipinski definition) is 2. The van der Waals surface area contributed by atoms with Crippen molar-refractivity contribution < 1.29 is 0 Å². The summed E-state index contributed by atoms with van der Waals surface area (Å²) in [6.07, 6.45) is 5.56. The zero-order chi connectivity index (χ0) is 12.9. The first kappa shape index (κ1) is 11.7. The lowest BCUT2D eigenvalue weighted by Gasteiger charge is -2.04. The highest BCUT2D eigenvalue weighted by molar-refractivity contribution is 5.24. The normalized spacial score (nSPS) is 10.5. The van der Waals surface area contributed by atoms with Gasteiger partial charge in [0.2, 0.25) is 0 Å². The number of rotatable bonds is 4. The third-order valence-corrected chi connectivity index (χ3v) is 2.97. The van der Waals surface area contributed by atoms with E-state index in [1.807, 2.05) is 42.6 Å². The molecule has 3 rings (SSSR count). The minimum absolute atomic E-state index is 0.863. The first-order valence-electron chi connectivity index (χ1n) is 6.33. The molecule has 0 unspecified atom stereocenters. The van der Waals surface area contributed by atoms with Crippen LogP contribution < -0.4 is 0 Å². The molecule has 0 N–H and O–H groups in total. The van der Waals surface area contributed by atoms with Crippen molar-refractivity contribution in [2.24, 2.45) is 0 Å². The van der Waals surface area contributed by atoms with Crippen molar-refractivity contribution in [1.29, 1.82) is 0 Å². The highest BCUT2D eigenvalue weighted by Gasteiger charge is 2.01. The molecule has 0 bridgehead atoms. The fourth-order valence-corrected chi connectivity index (χ4v) is 2.00. The molecule has 2 aromatic heterocycles. The van der Waals surface area contributed by atoms with E-state index in [0.29, 0.717) is 0 Å². The largest absolute Gasteiger partial charge is 0.234 e. The van der Waals surface area contributed by atoms with Gasteiger partial charge in [-0.3, -0.25) is 0 Å². The summed E-state index contributed by atoms with van der Waals surface area (Å²) < 4.78 is 1.78. The summed E-state index contributed by atoms with van der Waals surface area (Å²) in [5.74, 6) is 0.863. The van der Waals surface area contributed by atoms with E-state index in [2.05, 4.69) is 28.3 Å². The topological polar surface area (TPSA) is 30.7 Å². The standard InChI is InChI=1S/C16H14N3/c1-2-6-14(7-3-1)10-11-15-8-4-9-16(18-15)19-13-5-12-17-19/h1-2,4-9,12-13H,10-11H2. The van der Waals surface area contributed by atoms with E-state index < -0.39 is 0 Å². The average molecular weight is 248 g/mol. The summed E-state index contributed by atoms with van der Waals surface area (Å²) in [7, 11) is 0. The van der Waals surface area contributed by atoms with E-state index in [4.69, 9.17) is 0 Å². The first-order chi connectivity index (χ1) is 9.42. The van der Waals surface area contributed by atoms with E-state index >= 15 is 0 Å². The molecule has 0 amide bonds. The van der Waals surface area contributed by atoms with Gasteiger partial charge in [-0.1, -0.05) is 30.3 Å². The predicted octanol–water partition coefficient (Wildman–Crippen LogP) is 2.85. The number of pyridine rings is 1. The van der Waals surface area contributed by atoms with Crippen LogP contribution in [0.15, 0.2) is 60.9 Å². The van der Waals surface area contributed by atoms with Crippen molar-refractivity contribution in [3.05, 3.63) is 78.2 Å². The quantitative estimate of drug-likeness (QED) is 0.710. The fourth-order valence-electron chi connectivity index (χ4n) is 2.00. The van der Waals surface area contributed by atoms with Crippen molar-refractivity contribution >= 4 is 0 Å². The molecule has 19 heavy (non-hydrogen) atoms. The summed E-state index contributed by atoms with van der Waals surface area (Å²) >= 11 is 0. The van der Waals surface area contributed by atoms with Gasteiger partial charge in [0.05, 0.1) is 0 Å². The first-order valence-corrected chi connectivity index (χ1v) is 6.33. The average Bonchev–Trinajstić information content (AvgIpc) is 3.01. The van der Waals surface area contributed by atoms with Crippen LogP contribution in [0, 0.1) is 6.07 Å². The molecule has 0 fully saturated rings. The Hall–Kier alpha value is -2.42. The summed E-state index contributed by atoms with van der Waals surface area (Å²) in [5.41, 5.74) is 2.37. The Morgan fingerprint density at radius 2 is 2.05 bits per heavy atom. The Morgan fingerprint density at radius 1 is 1.05 bits per heavy atom. The maximum absolute atomic E-state index is 4.62. The molecule has 1 radical (unpaired) electrons. The number of aryl methyl sites for hydroxylation is 2. The van der Waals surface area contributed by atoms with Gasteiger partial charge in [-0.05, 0) is 42.7 Å². The molecule has 0 aliphatic heterocycles. The second-order valence-corrected chi connectivity index (χ2v) is 4.35. The molecular formula is C16H14N3. The minimum atomic E-state index is 0.863. The molecule has 0 aliphatic rings. The summed E-state index contributed by atoms with van der Waals surface area (Å²) in [6, 6.07) is 19.1. The maximum atomic E-state index is 4.62. The molecule has 0 atom stereocenters. The number of benzene rings is 1. The zero-order valence-corrected chi connectivity index (χ0v) is 10.5. The molecular weight excluding hydrogens is 234 g/mol. The lowest BCUT2D eigenvalue weighted by Crippen LogP contribution is -2.01. The minimum Gasteiger partial charge on any atom is -0.234 e. The molecule has 0 saturated carbocycles. The van der Waals surface area contributed by atoms with E-state index in [1.165, 1.54) is 5.56 Å². The molecule has 3 heteroatoms. The van der Waals surface area contributed by atoms with Crippen LogP contribution in [0.3, 0.4) is 0 Å². The fraction of sp³-hybridized carbons (Fsp3) is 0.125. The van der Waals surface area contributed by atoms with Gasteiger partial charge in [-0.2, -0.15) is 5.10 Å². The van der Waals surface area contributed by atoms with Crippen LogP contribution >= 0.6 is 0 Å². The Bertz CT molecular complexity index is 630. The molecule has 2 heterocycles. The SMILES string of the molecule is [c]1cccc(CCc2cccc(-n3cccn3)n2)c1. The lowest BCUT2D eigenvalue weighted by atomic mass is 10.1. The van der Waals surface area contributed by atoms with Crippen LogP contribution in [0.2, 0.25) is 0 Å². The van der Waals surface area contributed by atoms with Gasteiger partial charge >= 0.3 is 0 Å². The van der Waals surface area contributed by atoms with Gasteiger partial charge in [0.15, 0.2) is 5.82 Å². The third kappa shape index (κ3) is 2.88. The van der Waals surface area contributed by atoms with Gasteiger partial charge in [0, 0.05) is 18.1 Å². The van der Waals surface area contributed by atoms with Crippen molar-refractivity contribution in [1.82, 2.24) is 14.8 Å². The van der Waals surface area contributed by atoms with E-state index in [0.717, 1.165) is 24.4 Å². The smallest absolute Gasteiger partial charge is 0.153 e. The maximum Gasteiger partial charge on any atom is 0.153 e. The van der Waals surface area contributed by atoms with E-state index in [9.17, 15) is 0 Å². The molecule has 0 saturated heterocycles. The van der Waals surface area contributed by atoms with Crippen molar-refractivity contribution in [3.63, 3.8) is 0 Å². The molecule has 3 aromatic rings. The van der Waals surface area contributed by atoms with Crippen LogP contribution in [0.1, 0.15) is 11.3 Å². The van der Waals surface area contributed by atoms with Gasteiger partial charge in [-0.15, -0.1) is 0 Å². The van der Waals surface area contributed by atoms with Crippen LogP contribution in [0.5, 0.6) is 0 Å². The number of hydrogen-bond donors (Lipinski definition) is 0. The Labute approximate surface area is 112 Å². The van der Waals surface area contributed by atoms with Crippen molar-refractivity contribution in [3.8, 4) is 5.82 Å². The summed E-state index contributed by atoms with van der Waals surface area (Å²) in [5, 5.41) is 4.20. The van der Waals surface area contributed by atoms with E-state index in [1.54, 1.807) is 10.9 Å². The number of aromatic nitrogens is 3. The van der Waals surface area contributed by atoms with Gasteiger partial charge in [0.1, 0.15) is 0 Å². The highest BCUT2D eigenvalue weighted by atomic mass is 15.3. The van der Waals surface area contributed by atoms with Crippen LogP contribution in [-0.2, 0) is 12.8 Å². The second kappa shape index (κ2) is 5.48. The van der Waals surface area contributed by atoms with Crippen molar-refractivity contribution in [2.75, 3.05) is 0 Å². The van der Waals surface area contributed by atoms with Crippen molar-refractivity contribution in [2.45, 2.75) is 12.8 Å². The van der Waals surface area contributed by atoms with E-state index in [-0.39, 0.29) is 0 Å². The molecule has 1 aromatic carbocycles. The Morgan fingerprint density at radius 3 is 2.84 bits per heavy atom. The predicted molar refractivity (Wildman–Crippen MR) is 74.0 cm³/mol. The molecule has 3 nitrogen and oxygen atoms in total. The highest BCUT2D eigenvalue weighted by Crippen LogP contribution is 2.08. The summed E-state index contributed by atoms with van der Waals surface area (Å²) in [4.78, 5) is 4.62. The molecule has 0 spiro atoms. The Kier molecular flexibility index (Phi) is 3.36. The van der Waals surface area contributed by atoms with Crippen LogP contribution in [0.4, 0.5) is 0 Å². The molecule has 0 aliphatic carbocycles. The van der Waals surface area contributed by atoms with Crippen LogP contribution in [-0.4, -0.2) is 14.8 Å². The van der Waals surface area contributed by atoms with Gasteiger partial charge in [0.25, 0.3) is 0 Å². The second-order valence-electron chi connectivity index (χ2n) is 4.35. The number of nitrogens with zero attached hydrogens (tertiary/aromatic N) is 3. The van der Waals surface area contributed by atoms with Crippen LogP contribution in [0.25, 0.3) is 5.82 Å². The van der Waals surface area contributed by atoms with Gasteiger partial charge in [-0.25, -0.2) is 9.67 Å². The monoisotopic (exact) mass is 248 g/mol. The van der Waals surface area contributed by atoms with Gasteiger partial charge < -0.3 is 0 Å². The third-order valence-electron chi connectivity index (χ3n) is 2.97. The zero-order valence-electron chi connectivity index (χ0n) is 10.5. The Balaban J connectivity index is 1.74. The lowest BCUT2D eigenvalue weighted by molar-refractivity contribution is 0.821.